The summed E-state index contributed by atoms with van der Waals surface area (Å²) < 4.78 is 5.35. The highest BCUT2D eigenvalue weighted by atomic mass is 16.5. The van der Waals surface area contributed by atoms with E-state index in [4.69, 9.17) is 4.74 Å². The molecule has 0 unspecified atom stereocenters. The minimum absolute atomic E-state index is 0.129. The lowest BCUT2D eigenvalue weighted by molar-refractivity contribution is -0.137. The molecule has 22 heavy (non-hydrogen) atoms. The number of H-pyrrole nitrogens is 1. The number of aromatic amines is 1. The first-order chi connectivity index (χ1) is 10.5. The molecule has 1 N–H and O–H groups in total. The third-order valence-corrected chi connectivity index (χ3v) is 3.63. The monoisotopic (exact) mass is 300 g/mol. The van der Waals surface area contributed by atoms with Crippen LogP contribution in [-0.2, 0) is 11.2 Å². The molecule has 1 aromatic carbocycles. The fourth-order valence-electron chi connectivity index (χ4n) is 2.29. The predicted octanol–water partition coefficient (Wildman–Crippen LogP) is 3.39. The summed E-state index contributed by atoms with van der Waals surface area (Å²) in [6.07, 6.45) is 4.90. The van der Waals surface area contributed by atoms with Gasteiger partial charge in [-0.15, -0.1) is 6.58 Å². The highest BCUT2D eigenvalue weighted by molar-refractivity contribution is 5.85. The third kappa shape index (κ3) is 3.98. The summed E-state index contributed by atoms with van der Waals surface area (Å²) in [7, 11) is 2.08. The van der Waals surface area contributed by atoms with Gasteiger partial charge in [-0.1, -0.05) is 19.9 Å². The predicted molar refractivity (Wildman–Crippen MR) is 90.2 cm³/mol. The van der Waals surface area contributed by atoms with Crippen LogP contribution < -0.4 is 4.74 Å². The van der Waals surface area contributed by atoms with Crippen LogP contribution in [0.15, 0.2) is 37.1 Å². The Balaban J connectivity index is 2.09. The summed E-state index contributed by atoms with van der Waals surface area (Å²) in [5.41, 5.74) is 2.27. The Morgan fingerprint density at radius 2 is 2.23 bits per heavy atom. The number of fused-ring (bicyclic) bond motifs is 1. The zero-order chi connectivity index (χ0) is 16.1. The molecule has 0 radical (unpaired) electrons. The fourth-order valence-corrected chi connectivity index (χ4v) is 2.29. The van der Waals surface area contributed by atoms with Crippen LogP contribution >= 0.6 is 0 Å². The largest absolute Gasteiger partial charge is 0.426 e. The SMILES string of the molecule is C=CCN(C)CCc1c[nH]c2cc(OC(=O)C(C)C)ccc12. The van der Waals surface area contributed by atoms with Crippen molar-refractivity contribution in [3.05, 3.63) is 42.6 Å². The summed E-state index contributed by atoms with van der Waals surface area (Å²) in [4.78, 5) is 17.1. The number of likely N-dealkylation sites (N-methyl/N-ethyl adjacent to an activating group) is 1. The molecule has 0 saturated carbocycles. The van der Waals surface area contributed by atoms with Gasteiger partial charge in [-0.25, -0.2) is 0 Å². The number of nitrogens with one attached hydrogen (secondary N) is 1. The Morgan fingerprint density at radius 1 is 1.45 bits per heavy atom. The molecule has 2 aromatic rings. The first kappa shape index (κ1) is 16.3. The molecule has 0 spiro atoms. The third-order valence-electron chi connectivity index (χ3n) is 3.63. The summed E-state index contributed by atoms with van der Waals surface area (Å²) in [5.74, 6) is 0.246. The van der Waals surface area contributed by atoms with Crippen molar-refractivity contribution in [3.8, 4) is 5.75 Å². The van der Waals surface area contributed by atoms with Crippen LogP contribution in [0.2, 0.25) is 0 Å². The zero-order valence-corrected chi connectivity index (χ0v) is 13.6. The van der Waals surface area contributed by atoms with E-state index in [9.17, 15) is 4.79 Å². The normalized spacial score (nSPS) is 11.3. The maximum atomic E-state index is 11.6. The van der Waals surface area contributed by atoms with Crippen LogP contribution in [0.3, 0.4) is 0 Å². The zero-order valence-electron chi connectivity index (χ0n) is 13.6. The van der Waals surface area contributed by atoms with Crippen LogP contribution in [0.1, 0.15) is 19.4 Å². The second-order valence-corrected chi connectivity index (χ2v) is 5.90. The van der Waals surface area contributed by atoms with E-state index in [1.165, 1.54) is 10.9 Å². The number of aromatic nitrogens is 1. The maximum absolute atomic E-state index is 11.6. The minimum atomic E-state index is -0.211. The Kier molecular flexibility index (Phi) is 5.39. The van der Waals surface area contributed by atoms with Gasteiger partial charge in [0.15, 0.2) is 0 Å². The van der Waals surface area contributed by atoms with Gasteiger partial charge in [0.2, 0.25) is 0 Å². The molecule has 118 valence electrons. The molecule has 4 heteroatoms. The average molecular weight is 300 g/mol. The molecule has 0 amide bonds. The van der Waals surface area contributed by atoms with E-state index in [-0.39, 0.29) is 11.9 Å². The van der Waals surface area contributed by atoms with Gasteiger partial charge in [0.05, 0.1) is 5.92 Å². The van der Waals surface area contributed by atoms with Crippen molar-refractivity contribution in [2.45, 2.75) is 20.3 Å². The van der Waals surface area contributed by atoms with Crippen LogP contribution in [0.5, 0.6) is 5.75 Å². The van der Waals surface area contributed by atoms with Gasteiger partial charge in [-0.05, 0) is 31.2 Å². The van der Waals surface area contributed by atoms with Gasteiger partial charge in [0, 0.05) is 36.3 Å². The lowest BCUT2D eigenvalue weighted by atomic mass is 10.1. The Bertz CT molecular complexity index is 658. The van der Waals surface area contributed by atoms with E-state index in [1.807, 2.05) is 44.3 Å². The molecule has 0 atom stereocenters. The first-order valence-electron chi connectivity index (χ1n) is 7.62. The fraction of sp³-hybridized carbons (Fsp3) is 0.389. The molecule has 4 nitrogen and oxygen atoms in total. The van der Waals surface area contributed by atoms with Gasteiger partial charge < -0.3 is 14.6 Å². The van der Waals surface area contributed by atoms with Crippen molar-refractivity contribution in [3.63, 3.8) is 0 Å². The second-order valence-electron chi connectivity index (χ2n) is 5.90. The molecule has 0 aliphatic carbocycles. The van der Waals surface area contributed by atoms with Crippen LogP contribution in [0.4, 0.5) is 0 Å². The highest BCUT2D eigenvalue weighted by Gasteiger charge is 2.11. The Labute approximate surface area is 131 Å². The molecular formula is C18H24N2O2. The number of rotatable bonds is 7. The molecule has 1 heterocycles. The summed E-state index contributed by atoms with van der Waals surface area (Å²) >= 11 is 0. The molecule has 1 aromatic heterocycles. The molecule has 0 bridgehead atoms. The first-order valence-corrected chi connectivity index (χ1v) is 7.62. The molecule has 0 aliphatic heterocycles. The summed E-state index contributed by atoms with van der Waals surface area (Å²) in [5, 5.41) is 1.18. The Morgan fingerprint density at radius 3 is 2.91 bits per heavy atom. The smallest absolute Gasteiger partial charge is 0.313 e. The molecule has 2 rings (SSSR count). The number of carbonyl (C=O) groups is 1. The van der Waals surface area contributed by atoms with Gasteiger partial charge in [0.25, 0.3) is 0 Å². The molecule has 0 aliphatic rings. The second kappa shape index (κ2) is 7.27. The van der Waals surface area contributed by atoms with Gasteiger partial charge in [0.1, 0.15) is 5.75 Å². The number of benzene rings is 1. The lowest BCUT2D eigenvalue weighted by Crippen LogP contribution is -2.20. The number of hydrogen-bond acceptors (Lipinski definition) is 3. The minimum Gasteiger partial charge on any atom is -0.426 e. The van der Waals surface area contributed by atoms with E-state index in [2.05, 4.69) is 23.5 Å². The van der Waals surface area contributed by atoms with Crippen molar-refractivity contribution < 1.29 is 9.53 Å². The van der Waals surface area contributed by atoms with Crippen molar-refractivity contribution in [1.82, 2.24) is 9.88 Å². The van der Waals surface area contributed by atoms with Gasteiger partial charge >= 0.3 is 5.97 Å². The standard InChI is InChI=1S/C18H24N2O2/c1-5-9-20(4)10-8-14-12-19-17-11-15(6-7-16(14)17)22-18(21)13(2)3/h5-7,11-13,19H,1,8-10H2,2-4H3. The molecular weight excluding hydrogens is 276 g/mol. The number of carbonyl (C=O) groups excluding carboxylic acids is 1. The number of esters is 1. The topological polar surface area (TPSA) is 45.3 Å². The van der Waals surface area contributed by atoms with Crippen LogP contribution in [-0.4, -0.2) is 36.0 Å². The van der Waals surface area contributed by atoms with Crippen LogP contribution in [0, 0.1) is 5.92 Å². The summed E-state index contributed by atoms with van der Waals surface area (Å²) in [6.45, 7) is 9.27. The van der Waals surface area contributed by atoms with Crippen molar-refractivity contribution in [1.29, 1.82) is 0 Å². The highest BCUT2D eigenvalue weighted by Crippen LogP contribution is 2.24. The summed E-state index contributed by atoms with van der Waals surface area (Å²) in [6, 6.07) is 5.75. The van der Waals surface area contributed by atoms with E-state index in [1.54, 1.807) is 0 Å². The number of nitrogens with zero attached hydrogens (tertiary/aromatic N) is 1. The number of hydrogen-bond donors (Lipinski definition) is 1. The molecule has 0 fully saturated rings. The van der Waals surface area contributed by atoms with Gasteiger partial charge in [-0.3, -0.25) is 4.79 Å². The van der Waals surface area contributed by atoms with Crippen molar-refractivity contribution in [2.24, 2.45) is 5.92 Å². The van der Waals surface area contributed by atoms with Crippen molar-refractivity contribution in [2.75, 3.05) is 20.1 Å². The van der Waals surface area contributed by atoms with E-state index in [0.29, 0.717) is 5.75 Å². The van der Waals surface area contributed by atoms with Gasteiger partial charge in [-0.2, -0.15) is 0 Å². The average Bonchev–Trinajstić information content (AvgIpc) is 2.87. The quantitative estimate of drug-likeness (QED) is 0.484. The Hall–Kier alpha value is -2.07. The van der Waals surface area contributed by atoms with E-state index >= 15 is 0 Å². The van der Waals surface area contributed by atoms with E-state index in [0.717, 1.165) is 25.0 Å². The lowest BCUT2D eigenvalue weighted by Gasteiger charge is -2.13. The van der Waals surface area contributed by atoms with Crippen LogP contribution in [0.25, 0.3) is 10.9 Å². The van der Waals surface area contributed by atoms with Crippen molar-refractivity contribution >= 4 is 16.9 Å². The molecule has 0 saturated heterocycles. The van der Waals surface area contributed by atoms with E-state index < -0.39 is 0 Å². The maximum Gasteiger partial charge on any atom is 0.313 e. The number of ether oxygens (including phenoxy) is 1.